The highest BCUT2D eigenvalue weighted by Crippen LogP contribution is 2.53. The van der Waals surface area contributed by atoms with Gasteiger partial charge in [0.1, 0.15) is 43.3 Å². The number of hydrogen-bond acceptors (Lipinski definition) is 11. The molecule has 0 radical (unpaired) electrons. The number of aromatic amines is 1. The van der Waals surface area contributed by atoms with Gasteiger partial charge in [0.25, 0.3) is 5.56 Å². The van der Waals surface area contributed by atoms with Crippen LogP contribution in [0.1, 0.15) is 60.6 Å². The first kappa shape index (κ1) is 39.5. The van der Waals surface area contributed by atoms with E-state index in [1.807, 2.05) is 66.7 Å². The van der Waals surface area contributed by atoms with Crippen molar-refractivity contribution >= 4 is 8.37 Å². The number of aliphatic hydroxyl groups is 1. The number of nitrogens with zero attached hydrogens (tertiary/aromatic N) is 4. The number of H-pyrrole nitrogens is 1. The molecule has 3 unspecified atom stereocenters. The number of benzene rings is 3. The Labute approximate surface area is 340 Å². The smallest absolute Gasteiger partial charge is 0.330 e. The van der Waals surface area contributed by atoms with Crippen molar-refractivity contribution in [3.63, 3.8) is 0 Å². The zero-order valence-corrected chi connectivity index (χ0v) is 34.2. The minimum Gasteiger partial charge on any atom is -0.497 e. The molecule has 5 saturated heterocycles. The molecule has 58 heavy (non-hydrogen) atoms. The number of ether oxygens (including phenoxy) is 5. The maximum atomic E-state index is 12.9. The lowest BCUT2D eigenvalue weighted by molar-refractivity contribution is -0.204. The van der Waals surface area contributed by atoms with E-state index in [9.17, 15) is 14.7 Å². The summed E-state index contributed by atoms with van der Waals surface area (Å²) >= 11 is 0. The summed E-state index contributed by atoms with van der Waals surface area (Å²) in [5, 5.41) is 11.7. The predicted molar refractivity (Wildman–Crippen MR) is 220 cm³/mol. The highest BCUT2D eigenvalue weighted by molar-refractivity contribution is 7.50. The van der Waals surface area contributed by atoms with E-state index in [2.05, 4.69) is 31.1 Å². The van der Waals surface area contributed by atoms with E-state index in [-0.39, 0.29) is 21.6 Å². The Hall–Kier alpha value is -3.91. The van der Waals surface area contributed by atoms with E-state index in [0.717, 1.165) is 42.0 Å². The largest absolute Gasteiger partial charge is 0.497 e. The Balaban J connectivity index is 0.977. The van der Waals surface area contributed by atoms with Crippen LogP contribution in [-0.2, 0) is 19.8 Å². The first-order chi connectivity index (χ1) is 28.3. The molecule has 5 fully saturated rings. The average Bonchev–Trinajstić information content (AvgIpc) is 4.13. The van der Waals surface area contributed by atoms with Gasteiger partial charge in [0.15, 0.2) is 6.23 Å². The summed E-state index contributed by atoms with van der Waals surface area (Å²) in [4.78, 5) is 27.4. The number of nitrogens with one attached hydrogen (secondary N) is 1. The summed E-state index contributed by atoms with van der Waals surface area (Å²) in [5.41, 5.74) is -0.668. The van der Waals surface area contributed by atoms with Gasteiger partial charge in [0, 0.05) is 56.9 Å². The molecule has 2 N–H and O–H groups in total. The number of aliphatic hydroxyl groups excluding tert-OH is 1. The van der Waals surface area contributed by atoms with Crippen LogP contribution in [0.25, 0.3) is 0 Å². The van der Waals surface area contributed by atoms with Crippen molar-refractivity contribution in [3.8, 4) is 11.5 Å². The Kier molecular flexibility index (Phi) is 11.3. The number of hydrogen-bond donors (Lipinski definition) is 2. The third-order valence-electron chi connectivity index (χ3n) is 12.6. The van der Waals surface area contributed by atoms with Gasteiger partial charge in [-0.15, -0.1) is 0 Å². The molecule has 4 aromatic rings. The lowest BCUT2D eigenvalue weighted by Crippen LogP contribution is -2.48. The molecular weight excluding hydrogens is 757 g/mol. The fourth-order valence-electron chi connectivity index (χ4n) is 9.40. The third kappa shape index (κ3) is 7.34. The lowest BCUT2D eigenvalue weighted by Gasteiger charge is -2.40. The molecule has 9 rings (SSSR count). The molecule has 0 spiro atoms. The van der Waals surface area contributed by atoms with Gasteiger partial charge in [-0.2, -0.15) is 0 Å². The summed E-state index contributed by atoms with van der Waals surface area (Å²) in [6.07, 6.45) is 4.91. The average molecular weight is 812 g/mol. The van der Waals surface area contributed by atoms with E-state index in [1.54, 1.807) is 14.0 Å². The molecule has 5 aliphatic heterocycles. The number of methoxy groups -OCH3 is 1. The Morgan fingerprint density at radius 2 is 1.47 bits per heavy atom. The van der Waals surface area contributed by atoms with Crippen molar-refractivity contribution in [2.75, 3.05) is 66.2 Å². The van der Waals surface area contributed by atoms with Crippen LogP contribution in [0.3, 0.4) is 0 Å². The summed E-state index contributed by atoms with van der Waals surface area (Å²) < 4.78 is 41.4. The number of fused-ring (bicyclic) bond motifs is 2. The molecule has 6 heterocycles. The van der Waals surface area contributed by atoms with Gasteiger partial charge in [0.05, 0.1) is 26.9 Å². The quantitative estimate of drug-likeness (QED) is 0.132. The standard InChI is InChI=1S/C44H54N5O8P/c1-31-26-49(42(52)45-40(31)51)41-38-39(50)43(57-41,29-55-38)30-56-44(33-10-4-3-5-11-33,34-12-16-36(53-2)17-13-34)35-14-18-37(19-15-35)54-28-32-20-25-48(27-32)58(46-21-6-7-22-46)47-23-8-9-24-47/h3-5,10-19,26,32,38-39,41,50H,6-9,20-25,27-30H2,1-2H3,(H,45,51,52)/t32?,38-,39+,41-,43?,44?/m1/s1. The van der Waals surface area contributed by atoms with E-state index in [1.165, 1.54) is 62.6 Å². The van der Waals surface area contributed by atoms with Crippen LogP contribution in [0.4, 0.5) is 0 Å². The zero-order valence-electron chi connectivity index (χ0n) is 33.3. The van der Waals surface area contributed by atoms with Gasteiger partial charge in [-0.25, -0.2) is 4.79 Å². The van der Waals surface area contributed by atoms with Crippen LogP contribution >= 0.6 is 8.37 Å². The Morgan fingerprint density at radius 3 is 2.10 bits per heavy atom. The lowest BCUT2D eigenvalue weighted by atomic mass is 9.79. The van der Waals surface area contributed by atoms with Crippen LogP contribution in [0.2, 0.25) is 0 Å². The van der Waals surface area contributed by atoms with Crippen LogP contribution in [0, 0.1) is 12.8 Å². The molecule has 6 atom stereocenters. The van der Waals surface area contributed by atoms with Crippen molar-refractivity contribution in [2.45, 2.75) is 68.7 Å². The van der Waals surface area contributed by atoms with Gasteiger partial charge in [-0.3, -0.25) is 28.4 Å². The maximum absolute atomic E-state index is 12.9. The van der Waals surface area contributed by atoms with E-state index in [0.29, 0.717) is 23.8 Å². The fourth-order valence-corrected chi connectivity index (χ4v) is 12.4. The summed E-state index contributed by atoms with van der Waals surface area (Å²) in [7, 11) is 1.25. The summed E-state index contributed by atoms with van der Waals surface area (Å²) in [6, 6.07) is 25.9. The van der Waals surface area contributed by atoms with Crippen LogP contribution in [0.5, 0.6) is 11.5 Å². The van der Waals surface area contributed by atoms with Gasteiger partial charge >= 0.3 is 5.69 Å². The van der Waals surface area contributed by atoms with E-state index in [4.69, 9.17) is 23.7 Å². The van der Waals surface area contributed by atoms with Gasteiger partial charge in [0.2, 0.25) is 0 Å². The van der Waals surface area contributed by atoms with Gasteiger partial charge < -0.3 is 28.8 Å². The first-order valence-electron chi connectivity index (χ1n) is 20.7. The maximum Gasteiger partial charge on any atom is 0.330 e. The second-order valence-corrected chi connectivity index (χ2v) is 18.6. The van der Waals surface area contributed by atoms with Crippen molar-refractivity contribution < 1.29 is 28.8 Å². The SMILES string of the molecule is COc1ccc(C(OCC23CO[C@@H]([C@H](n4cc(C)c(=O)[nH]c4=O)O2)[C@@H]3O)(c2ccccc2)c2ccc(OCC3CCN(P(N4CCCC4)N4CCCC4)C3)cc2)cc1. The second-order valence-electron chi connectivity index (χ2n) is 16.3. The molecule has 0 aliphatic carbocycles. The first-order valence-corrected chi connectivity index (χ1v) is 21.9. The molecular formula is C44H54N5O8P. The molecule has 2 bridgehead atoms. The summed E-state index contributed by atoms with van der Waals surface area (Å²) in [5.74, 6) is 1.97. The molecule has 14 heteroatoms. The second kappa shape index (κ2) is 16.6. The number of aryl methyl sites for hydroxylation is 1. The van der Waals surface area contributed by atoms with Gasteiger partial charge in [-0.1, -0.05) is 54.6 Å². The van der Waals surface area contributed by atoms with Crippen molar-refractivity contribution in [2.24, 2.45) is 5.92 Å². The topological polar surface area (TPSA) is 131 Å². The van der Waals surface area contributed by atoms with Crippen molar-refractivity contribution in [3.05, 3.63) is 128 Å². The Morgan fingerprint density at radius 1 is 0.845 bits per heavy atom. The highest BCUT2D eigenvalue weighted by atomic mass is 31.2. The fraction of sp³-hybridized carbons (Fsp3) is 0.500. The molecule has 13 nitrogen and oxygen atoms in total. The van der Waals surface area contributed by atoms with E-state index >= 15 is 0 Å². The van der Waals surface area contributed by atoms with Crippen LogP contribution in [0.15, 0.2) is 94.6 Å². The zero-order chi connectivity index (χ0) is 39.9. The van der Waals surface area contributed by atoms with Gasteiger partial charge in [-0.05, 0) is 80.0 Å². The molecule has 308 valence electrons. The van der Waals surface area contributed by atoms with Crippen LogP contribution < -0.4 is 20.7 Å². The van der Waals surface area contributed by atoms with Crippen LogP contribution in [-0.4, -0.2) is 113 Å². The molecule has 0 amide bonds. The normalized spacial score (nSPS) is 27.4. The number of rotatable bonds is 14. The molecule has 5 aliphatic rings. The minimum atomic E-state index is -1.30. The summed E-state index contributed by atoms with van der Waals surface area (Å²) in [6.45, 7) is 9.33. The van der Waals surface area contributed by atoms with E-state index < -0.39 is 40.9 Å². The van der Waals surface area contributed by atoms with Crippen molar-refractivity contribution in [1.82, 2.24) is 23.6 Å². The monoisotopic (exact) mass is 811 g/mol. The highest BCUT2D eigenvalue weighted by Gasteiger charge is 2.63. The molecule has 3 aromatic carbocycles. The molecule has 0 saturated carbocycles. The predicted octanol–water partition coefficient (Wildman–Crippen LogP) is 5.01. The Bertz CT molecular complexity index is 2130. The minimum absolute atomic E-state index is 0.0588. The number of aromatic nitrogens is 2. The van der Waals surface area contributed by atoms with Crippen molar-refractivity contribution in [1.29, 1.82) is 0 Å². The molecule has 1 aromatic heterocycles. The third-order valence-corrected chi connectivity index (χ3v) is 15.3.